The fourth-order valence-electron chi connectivity index (χ4n) is 3.41. The zero-order valence-electron chi connectivity index (χ0n) is 14.5. The van der Waals surface area contributed by atoms with Crippen LogP contribution < -0.4 is 5.73 Å². The first kappa shape index (κ1) is 16.8. The molecular formula is C19H20N4O2S. The summed E-state index contributed by atoms with van der Waals surface area (Å²) in [7, 11) is 0. The Morgan fingerprint density at radius 1 is 1.19 bits per heavy atom. The maximum absolute atomic E-state index is 12.9. The molecule has 3 heterocycles. The molecule has 2 N–H and O–H groups in total. The molecule has 0 saturated carbocycles. The number of imidazole rings is 1. The smallest absolute Gasteiger partial charge is 0.265 e. The molecule has 1 aliphatic rings. The third-order valence-corrected chi connectivity index (χ3v) is 6.15. The van der Waals surface area contributed by atoms with Crippen LogP contribution in [0.2, 0.25) is 0 Å². The lowest BCUT2D eigenvalue weighted by molar-refractivity contribution is -0.123. The standard InChI is InChI=1S/C19H20N4O2S/c1-12-16(18(25)22-9-7-14(8-10-22)17(20)24)26-19-21-15(11-23(12)19)13-5-3-2-4-6-13/h2-6,11,14H,7-10H2,1H3,(H2,20,24). The molecule has 0 unspecified atom stereocenters. The number of carbonyl (C=O) groups excluding carboxylic acids is 2. The summed E-state index contributed by atoms with van der Waals surface area (Å²) >= 11 is 1.42. The average Bonchev–Trinajstić information content (AvgIpc) is 3.22. The van der Waals surface area contributed by atoms with Gasteiger partial charge in [-0.1, -0.05) is 41.7 Å². The Morgan fingerprint density at radius 3 is 2.50 bits per heavy atom. The number of nitrogens with zero attached hydrogens (tertiary/aromatic N) is 3. The van der Waals surface area contributed by atoms with E-state index in [1.54, 1.807) is 0 Å². The second kappa shape index (κ2) is 6.57. The van der Waals surface area contributed by atoms with Gasteiger partial charge in [0.15, 0.2) is 4.96 Å². The van der Waals surface area contributed by atoms with Gasteiger partial charge in [0.1, 0.15) is 4.88 Å². The highest BCUT2D eigenvalue weighted by molar-refractivity contribution is 7.19. The third-order valence-electron chi connectivity index (χ3n) is 5.01. The second-order valence-corrected chi connectivity index (χ2v) is 7.61. The molecule has 4 rings (SSSR count). The lowest BCUT2D eigenvalue weighted by Gasteiger charge is -2.30. The number of nitrogens with two attached hydrogens (primary N) is 1. The van der Waals surface area contributed by atoms with Crippen LogP contribution in [0.15, 0.2) is 36.5 Å². The van der Waals surface area contributed by atoms with E-state index in [0.717, 1.165) is 21.9 Å². The van der Waals surface area contributed by atoms with Crippen molar-refractivity contribution in [1.29, 1.82) is 0 Å². The van der Waals surface area contributed by atoms with Gasteiger partial charge in [-0.15, -0.1) is 0 Å². The third kappa shape index (κ3) is 2.88. The Bertz CT molecular complexity index is 968. The molecule has 0 radical (unpaired) electrons. The minimum Gasteiger partial charge on any atom is -0.369 e. The second-order valence-electron chi connectivity index (χ2n) is 6.63. The molecule has 0 atom stereocenters. The molecule has 1 fully saturated rings. The predicted octanol–water partition coefficient (Wildman–Crippen LogP) is 2.71. The first-order valence-electron chi connectivity index (χ1n) is 8.67. The molecule has 1 saturated heterocycles. The number of hydrogen-bond donors (Lipinski definition) is 1. The lowest BCUT2D eigenvalue weighted by atomic mass is 9.96. The van der Waals surface area contributed by atoms with Gasteiger partial charge in [-0.3, -0.25) is 14.0 Å². The number of rotatable bonds is 3. The van der Waals surface area contributed by atoms with Crippen molar-refractivity contribution in [2.45, 2.75) is 19.8 Å². The zero-order chi connectivity index (χ0) is 18.3. The number of primary amides is 1. The topological polar surface area (TPSA) is 80.7 Å². The number of aryl methyl sites for hydroxylation is 1. The van der Waals surface area contributed by atoms with Gasteiger partial charge in [0.25, 0.3) is 5.91 Å². The van der Waals surface area contributed by atoms with Crippen molar-refractivity contribution >= 4 is 28.1 Å². The van der Waals surface area contributed by atoms with E-state index in [-0.39, 0.29) is 17.7 Å². The van der Waals surface area contributed by atoms with Gasteiger partial charge in [0, 0.05) is 36.5 Å². The van der Waals surface area contributed by atoms with Crippen LogP contribution in [0.4, 0.5) is 0 Å². The Labute approximate surface area is 155 Å². The SMILES string of the molecule is Cc1c(C(=O)N2CCC(C(N)=O)CC2)sc2nc(-c3ccccc3)cn12. The molecule has 0 spiro atoms. The van der Waals surface area contributed by atoms with Crippen LogP contribution in [0, 0.1) is 12.8 Å². The van der Waals surface area contributed by atoms with Gasteiger partial charge in [-0.25, -0.2) is 4.98 Å². The summed E-state index contributed by atoms with van der Waals surface area (Å²) in [6.45, 7) is 3.09. The molecule has 6 nitrogen and oxygen atoms in total. The normalized spacial score (nSPS) is 15.5. The first-order chi connectivity index (χ1) is 12.5. The van der Waals surface area contributed by atoms with E-state index in [1.807, 2.05) is 52.8 Å². The van der Waals surface area contributed by atoms with E-state index in [9.17, 15) is 9.59 Å². The van der Waals surface area contributed by atoms with Crippen LogP contribution in [0.1, 0.15) is 28.2 Å². The van der Waals surface area contributed by atoms with Gasteiger partial charge in [-0.05, 0) is 19.8 Å². The summed E-state index contributed by atoms with van der Waals surface area (Å²) in [6, 6.07) is 10.00. The molecule has 2 aromatic heterocycles. The molecule has 2 amide bonds. The predicted molar refractivity (Wildman–Crippen MR) is 101 cm³/mol. The molecular weight excluding hydrogens is 348 g/mol. The van der Waals surface area contributed by atoms with Crippen molar-refractivity contribution in [3.05, 3.63) is 47.1 Å². The lowest BCUT2D eigenvalue weighted by Crippen LogP contribution is -2.41. The average molecular weight is 368 g/mol. The maximum Gasteiger partial charge on any atom is 0.265 e. The van der Waals surface area contributed by atoms with Gasteiger partial charge in [-0.2, -0.15) is 0 Å². The number of likely N-dealkylation sites (tertiary alicyclic amines) is 1. The number of fused-ring (bicyclic) bond motifs is 1. The molecule has 7 heteroatoms. The number of amides is 2. The van der Waals surface area contributed by atoms with E-state index >= 15 is 0 Å². The molecule has 0 bridgehead atoms. The highest BCUT2D eigenvalue weighted by atomic mass is 32.1. The molecule has 134 valence electrons. The van der Waals surface area contributed by atoms with Crippen molar-refractivity contribution in [2.24, 2.45) is 11.7 Å². The van der Waals surface area contributed by atoms with E-state index in [1.165, 1.54) is 11.3 Å². The van der Waals surface area contributed by atoms with E-state index in [0.29, 0.717) is 30.8 Å². The summed E-state index contributed by atoms with van der Waals surface area (Å²) < 4.78 is 1.98. The maximum atomic E-state index is 12.9. The number of benzene rings is 1. The van der Waals surface area contributed by atoms with Crippen molar-refractivity contribution < 1.29 is 9.59 Å². The summed E-state index contributed by atoms with van der Waals surface area (Å²) in [5.41, 5.74) is 8.24. The molecule has 0 aliphatic carbocycles. The monoisotopic (exact) mass is 368 g/mol. The van der Waals surface area contributed by atoms with Crippen molar-refractivity contribution in [2.75, 3.05) is 13.1 Å². The van der Waals surface area contributed by atoms with Crippen molar-refractivity contribution in [1.82, 2.24) is 14.3 Å². The van der Waals surface area contributed by atoms with Crippen LogP contribution >= 0.6 is 11.3 Å². The van der Waals surface area contributed by atoms with Crippen LogP contribution in [-0.4, -0.2) is 39.2 Å². The van der Waals surface area contributed by atoms with Gasteiger partial charge in [0.05, 0.1) is 5.69 Å². The Hall–Kier alpha value is -2.67. The summed E-state index contributed by atoms with van der Waals surface area (Å²) in [5, 5.41) is 0. The number of piperidine rings is 1. The van der Waals surface area contributed by atoms with Gasteiger partial charge < -0.3 is 10.6 Å². The number of thiazole rings is 1. The quantitative estimate of drug-likeness (QED) is 0.772. The van der Waals surface area contributed by atoms with Gasteiger partial charge >= 0.3 is 0 Å². The van der Waals surface area contributed by atoms with E-state index in [4.69, 9.17) is 5.73 Å². The molecule has 26 heavy (non-hydrogen) atoms. The highest BCUT2D eigenvalue weighted by Crippen LogP contribution is 2.29. The van der Waals surface area contributed by atoms with Gasteiger partial charge in [0.2, 0.25) is 5.91 Å². The minimum atomic E-state index is -0.267. The first-order valence-corrected chi connectivity index (χ1v) is 9.48. The van der Waals surface area contributed by atoms with Crippen LogP contribution in [0.3, 0.4) is 0 Å². The number of hydrogen-bond acceptors (Lipinski definition) is 4. The van der Waals surface area contributed by atoms with Crippen molar-refractivity contribution in [3.8, 4) is 11.3 Å². The fourth-order valence-corrected chi connectivity index (χ4v) is 4.48. The highest BCUT2D eigenvalue weighted by Gasteiger charge is 2.28. The Kier molecular flexibility index (Phi) is 4.24. The number of aromatic nitrogens is 2. The van der Waals surface area contributed by atoms with Crippen LogP contribution in [0.5, 0.6) is 0 Å². The molecule has 1 aliphatic heterocycles. The fraction of sp³-hybridized carbons (Fsp3) is 0.316. The molecule has 1 aromatic carbocycles. The van der Waals surface area contributed by atoms with E-state index in [2.05, 4.69) is 4.98 Å². The number of carbonyl (C=O) groups is 2. The Morgan fingerprint density at radius 2 is 1.88 bits per heavy atom. The Balaban J connectivity index is 1.58. The summed E-state index contributed by atoms with van der Waals surface area (Å²) in [6.07, 6.45) is 3.26. The zero-order valence-corrected chi connectivity index (χ0v) is 15.3. The van der Waals surface area contributed by atoms with Crippen LogP contribution in [-0.2, 0) is 4.79 Å². The largest absolute Gasteiger partial charge is 0.369 e. The van der Waals surface area contributed by atoms with Crippen LogP contribution in [0.25, 0.3) is 16.2 Å². The van der Waals surface area contributed by atoms with Crippen molar-refractivity contribution in [3.63, 3.8) is 0 Å². The minimum absolute atomic E-state index is 0.0159. The summed E-state index contributed by atoms with van der Waals surface area (Å²) in [5.74, 6) is -0.368. The van der Waals surface area contributed by atoms with E-state index < -0.39 is 0 Å². The molecule has 3 aromatic rings. The summed E-state index contributed by atoms with van der Waals surface area (Å²) in [4.78, 5) is 32.2.